The lowest BCUT2D eigenvalue weighted by molar-refractivity contribution is 0.128. The third kappa shape index (κ3) is 2.37. The fraction of sp³-hybridized carbons (Fsp3) is 0.583. The normalized spacial score (nSPS) is 24.2. The first-order valence-corrected chi connectivity index (χ1v) is 6.04. The SMILES string of the molecule is Cc1cnc(N2[C@H](C)CN(C(=O)O)C[C@@H]2C)nc1. The largest absolute Gasteiger partial charge is 0.465 e. The summed E-state index contributed by atoms with van der Waals surface area (Å²) in [5.41, 5.74) is 1.02. The van der Waals surface area contributed by atoms with Gasteiger partial charge in [-0.1, -0.05) is 0 Å². The topological polar surface area (TPSA) is 69.6 Å². The molecule has 1 aliphatic heterocycles. The second-order valence-electron chi connectivity index (χ2n) is 4.85. The molecule has 0 unspecified atom stereocenters. The molecule has 0 bridgehead atoms. The lowest BCUT2D eigenvalue weighted by Crippen LogP contribution is -2.58. The van der Waals surface area contributed by atoms with E-state index in [1.54, 1.807) is 12.4 Å². The Labute approximate surface area is 106 Å². The van der Waals surface area contributed by atoms with Gasteiger partial charge in [-0.2, -0.15) is 0 Å². The van der Waals surface area contributed by atoms with Crippen molar-refractivity contribution in [2.24, 2.45) is 0 Å². The molecule has 0 saturated carbocycles. The van der Waals surface area contributed by atoms with E-state index < -0.39 is 6.09 Å². The number of aryl methyl sites for hydroxylation is 1. The number of nitrogens with zero attached hydrogens (tertiary/aromatic N) is 4. The smallest absolute Gasteiger partial charge is 0.407 e. The molecule has 0 radical (unpaired) electrons. The number of carbonyl (C=O) groups is 1. The average molecular weight is 250 g/mol. The van der Waals surface area contributed by atoms with Crippen molar-refractivity contribution in [1.29, 1.82) is 0 Å². The van der Waals surface area contributed by atoms with Crippen molar-refractivity contribution in [1.82, 2.24) is 14.9 Å². The van der Waals surface area contributed by atoms with Crippen LogP contribution in [-0.2, 0) is 0 Å². The van der Waals surface area contributed by atoms with E-state index in [9.17, 15) is 4.79 Å². The van der Waals surface area contributed by atoms with Gasteiger partial charge in [0.15, 0.2) is 0 Å². The van der Waals surface area contributed by atoms with Gasteiger partial charge in [0.05, 0.1) is 0 Å². The van der Waals surface area contributed by atoms with Crippen LogP contribution in [0.4, 0.5) is 10.7 Å². The van der Waals surface area contributed by atoms with Crippen LogP contribution in [0.2, 0.25) is 0 Å². The van der Waals surface area contributed by atoms with E-state index in [1.807, 2.05) is 20.8 Å². The van der Waals surface area contributed by atoms with E-state index in [1.165, 1.54) is 4.90 Å². The summed E-state index contributed by atoms with van der Waals surface area (Å²) >= 11 is 0. The van der Waals surface area contributed by atoms with Crippen LogP contribution >= 0.6 is 0 Å². The summed E-state index contributed by atoms with van der Waals surface area (Å²) in [5, 5.41) is 9.04. The molecule has 0 spiro atoms. The van der Waals surface area contributed by atoms with Gasteiger partial charge in [0.25, 0.3) is 0 Å². The van der Waals surface area contributed by atoms with Crippen molar-refractivity contribution in [3.63, 3.8) is 0 Å². The Morgan fingerprint density at radius 1 is 1.28 bits per heavy atom. The summed E-state index contributed by atoms with van der Waals surface area (Å²) < 4.78 is 0. The number of aromatic nitrogens is 2. The number of anilines is 1. The van der Waals surface area contributed by atoms with E-state index in [4.69, 9.17) is 5.11 Å². The number of carboxylic acid groups (broad SMARTS) is 1. The number of amides is 1. The summed E-state index contributed by atoms with van der Waals surface area (Å²) in [6, 6.07) is 0.153. The van der Waals surface area contributed by atoms with Crippen LogP contribution in [0.1, 0.15) is 19.4 Å². The molecule has 1 saturated heterocycles. The van der Waals surface area contributed by atoms with Gasteiger partial charge in [-0.15, -0.1) is 0 Å². The van der Waals surface area contributed by atoms with Crippen molar-refractivity contribution in [3.05, 3.63) is 18.0 Å². The van der Waals surface area contributed by atoms with Crippen LogP contribution in [-0.4, -0.2) is 51.2 Å². The summed E-state index contributed by atoms with van der Waals surface area (Å²) in [6.07, 6.45) is 2.70. The van der Waals surface area contributed by atoms with E-state index >= 15 is 0 Å². The van der Waals surface area contributed by atoms with Gasteiger partial charge in [-0.05, 0) is 26.3 Å². The Bertz CT molecular complexity index is 422. The number of piperazine rings is 1. The van der Waals surface area contributed by atoms with Crippen molar-refractivity contribution >= 4 is 12.0 Å². The number of hydrogen-bond donors (Lipinski definition) is 1. The van der Waals surface area contributed by atoms with Crippen molar-refractivity contribution in [2.75, 3.05) is 18.0 Å². The van der Waals surface area contributed by atoms with E-state index in [2.05, 4.69) is 14.9 Å². The molecule has 1 amide bonds. The van der Waals surface area contributed by atoms with Gasteiger partial charge in [-0.25, -0.2) is 14.8 Å². The highest BCUT2D eigenvalue weighted by atomic mass is 16.4. The quantitative estimate of drug-likeness (QED) is 0.815. The van der Waals surface area contributed by atoms with Gasteiger partial charge >= 0.3 is 6.09 Å². The van der Waals surface area contributed by atoms with Crippen molar-refractivity contribution < 1.29 is 9.90 Å². The molecular formula is C12H18N4O2. The first-order valence-electron chi connectivity index (χ1n) is 6.04. The predicted octanol–water partition coefficient (Wildman–Crippen LogP) is 1.36. The molecule has 0 aromatic carbocycles. The molecule has 2 heterocycles. The Balaban J connectivity index is 2.19. The van der Waals surface area contributed by atoms with Gasteiger partial charge in [-0.3, -0.25) is 0 Å². The molecule has 1 N–H and O–H groups in total. The molecule has 18 heavy (non-hydrogen) atoms. The zero-order valence-corrected chi connectivity index (χ0v) is 10.9. The van der Waals surface area contributed by atoms with Crippen LogP contribution in [0.25, 0.3) is 0 Å². The highest BCUT2D eigenvalue weighted by molar-refractivity contribution is 5.65. The summed E-state index contributed by atoms with van der Waals surface area (Å²) in [7, 11) is 0. The summed E-state index contributed by atoms with van der Waals surface area (Å²) in [4.78, 5) is 23.2. The highest BCUT2D eigenvalue weighted by Crippen LogP contribution is 2.20. The number of hydrogen-bond acceptors (Lipinski definition) is 4. The highest BCUT2D eigenvalue weighted by Gasteiger charge is 2.33. The molecule has 1 aromatic heterocycles. The third-order valence-corrected chi connectivity index (χ3v) is 3.19. The molecular weight excluding hydrogens is 232 g/mol. The molecule has 6 nitrogen and oxygen atoms in total. The first-order chi connectivity index (χ1) is 8.49. The third-order valence-electron chi connectivity index (χ3n) is 3.19. The van der Waals surface area contributed by atoms with Crippen LogP contribution in [0.3, 0.4) is 0 Å². The standard InChI is InChI=1S/C12H18N4O2/c1-8-4-13-11(14-5-8)16-9(2)6-15(12(17)18)7-10(16)3/h4-5,9-10H,6-7H2,1-3H3,(H,17,18)/t9-,10+. The van der Waals surface area contributed by atoms with Crippen LogP contribution in [0.5, 0.6) is 0 Å². The van der Waals surface area contributed by atoms with E-state index in [0.717, 1.165) is 5.56 Å². The average Bonchev–Trinajstić information content (AvgIpc) is 2.30. The Kier molecular flexibility index (Phi) is 3.36. The maximum Gasteiger partial charge on any atom is 0.407 e. The second-order valence-corrected chi connectivity index (χ2v) is 4.85. The van der Waals surface area contributed by atoms with Crippen molar-refractivity contribution in [3.8, 4) is 0 Å². The fourth-order valence-electron chi connectivity index (χ4n) is 2.39. The molecule has 6 heteroatoms. The minimum absolute atomic E-state index is 0.0764. The minimum atomic E-state index is -0.863. The van der Waals surface area contributed by atoms with E-state index in [0.29, 0.717) is 19.0 Å². The van der Waals surface area contributed by atoms with Gasteiger partial charge < -0.3 is 14.9 Å². The molecule has 1 fully saturated rings. The Morgan fingerprint density at radius 2 is 1.78 bits per heavy atom. The molecule has 1 aliphatic rings. The summed E-state index contributed by atoms with van der Waals surface area (Å²) in [6.45, 7) is 6.90. The number of rotatable bonds is 1. The molecule has 1 aromatic rings. The van der Waals surface area contributed by atoms with Gasteiger partial charge in [0.1, 0.15) is 0 Å². The minimum Gasteiger partial charge on any atom is -0.465 e. The zero-order chi connectivity index (χ0) is 13.3. The monoisotopic (exact) mass is 250 g/mol. The van der Waals surface area contributed by atoms with Crippen LogP contribution in [0, 0.1) is 6.92 Å². The lowest BCUT2D eigenvalue weighted by atomic mass is 10.1. The Hall–Kier alpha value is -1.85. The zero-order valence-electron chi connectivity index (χ0n) is 10.9. The second kappa shape index (κ2) is 4.80. The predicted molar refractivity (Wildman–Crippen MR) is 67.8 cm³/mol. The molecule has 2 rings (SSSR count). The molecule has 98 valence electrons. The van der Waals surface area contributed by atoms with E-state index in [-0.39, 0.29) is 12.1 Å². The van der Waals surface area contributed by atoms with Gasteiger partial charge in [0, 0.05) is 37.6 Å². The summed E-state index contributed by atoms with van der Waals surface area (Å²) in [5.74, 6) is 0.672. The fourth-order valence-corrected chi connectivity index (χ4v) is 2.39. The first kappa shape index (κ1) is 12.6. The maximum absolute atomic E-state index is 11.0. The van der Waals surface area contributed by atoms with Crippen molar-refractivity contribution in [2.45, 2.75) is 32.9 Å². The lowest BCUT2D eigenvalue weighted by Gasteiger charge is -2.43. The van der Waals surface area contributed by atoms with Crippen LogP contribution in [0.15, 0.2) is 12.4 Å². The van der Waals surface area contributed by atoms with Crippen LogP contribution < -0.4 is 4.90 Å². The maximum atomic E-state index is 11.0. The Morgan fingerprint density at radius 3 is 2.22 bits per heavy atom. The van der Waals surface area contributed by atoms with Gasteiger partial charge in [0.2, 0.25) is 5.95 Å². The molecule has 2 atom stereocenters. The molecule has 0 aliphatic carbocycles.